The fraction of sp³-hybridized carbons (Fsp3) is 0.222. The Morgan fingerprint density at radius 3 is 2.58 bits per heavy atom. The number of phenols is 1. The molecule has 0 saturated heterocycles. The third kappa shape index (κ3) is 5.44. The SMILES string of the molecule is Cc1ccc(O)c(C(=NCCCC(=O)[O-])c2ccccc2F)c1.[Na+]. The number of aliphatic carboxylic acids is 1. The number of nitrogens with zero attached hydrogens (tertiary/aromatic N) is 1. The molecule has 0 saturated carbocycles. The molecule has 0 aliphatic heterocycles. The van der Waals surface area contributed by atoms with Gasteiger partial charge >= 0.3 is 29.6 Å². The second kappa shape index (κ2) is 9.57. The van der Waals surface area contributed by atoms with Gasteiger partial charge in [-0.15, -0.1) is 0 Å². The number of carbonyl (C=O) groups excluding carboxylic acids is 1. The van der Waals surface area contributed by atoms with Crippen LogP contribution in [-0.4, -0.2) is 23.3 Å². The summed E-state index contributed by atoms with van der Waals surface area (Å²) in [6, 6.07) is 11.1. The van der Waals surface area contributed by atoms with Crippen LogP contribution in [0, 0.1) is 12.7 Å². The third-order valence-corrected chi connectivity index (χ3v) is 3.35. The van der Waals surface area contributed by atoms with Gasteiger partial charge in [0.05, 0.1) is 5.71 Å². The average molecular weight is 337 g/mol. The summed E-state index contributed by atoms with van der Waals surface area (Å²) in [6.07, 6.45) is 0.167. The van der Waals surface area contributed by atoms with Gasteiger partial charge in [-0.1, -0.05) is 23.8 Å². The Kier molecular flexibility index (Phi) is 8.11. The van der Waals surface area contributed by atoms with Crippen molar-refractivity contribution in [2.24, 2.45) is 4.99 Å². The molecule has 0 aliphatic rings. The first-order valence-corrected chi connectivity index (χ1v) is 7.28. The number of aromatic hydroxyl groups is 1. The molecule has 120 valence electrons. The number of aliphatic imine (C=N–C) groups is 1. The summed E-state index contributed by atoms with van der Waals surface area (Å²) in [5, 5.41) is 20.6. The first kappa shape index (κ1) is 20.4. The standard InChI is InChI=1S/C18H18FNO3.Na/c1-12-8-9-16(21)14(11-12)18(20-10-4-7-17(22)23)13-5-2-3-6-15(13)19;/h2-3,5-6,8-9,11,21H,4,7,10H2,1H3,(H,22,23);/q;+1/p-1. The molecule has 2 aromatic carbocycles. The molecule has 0 aliphatic carbocycles. The number of phenolic OH excluding ortho intramolecular Hbond substituents is 1. The van der Waals surface area contributed by atoms with Crippen LogP contribution in [0.15, 0.2) is 47.5 Å². The number of halogens is 1. The molecular formula is C18H17FNNaO3. The second-order valence-corrected chi connectivity index (χ2v) is 5.21. The van der Waals surface area contributed by atoms with Gasteiger partial charge in [-0.3, -0.25) is 4.99 Å². The van der Waals surface area contributed by atoms with Crippen molar-refractivity contribution in [3.05, 3.63) is 65.0 Å². The van der Waals surface area contributed by atoms with Crippen LogP contribution in [0.25, 0.3) is 0 Å². The Morgan fingerprint density at radius 2 is 1.92 bits per heavy atom. The minimum absolute atomic E-state index is 0. The van der Waals surface area contributed by atoms with Crippen molar-refractivity contribution in [1.82, 2.24) is 0 Å². The van der Waals surface area contributed by atoms with Crippen molar-refractivity contribution >= 4 is 11.7 Å². The summed E-state index contributed by atoms with van der Waals surface area (Å²) in [7, 11) is 0. The molecule has 0 atom stereocenters. The van der Waals surface area contributed by atoms with Gasteiger partial charge in [0.15, 0.2) is 0 Å². The number of carboxylic acid groups (broad SMARTS) is 1. The topological polar surface area (TPSA) is 72.7 Å². The summed E-state index contributed by atoms with van der Waals surface area (Å²) in [4.78, 5) is 14.8. The molecule has 0 unspecified atom stereocenters. The molecule has 6 heteroatoms. The van der Waals surface area contributed by atoms with Crippen LogP contribution in [-0.2, 0) is 4.79 Å². The van der Waals surface area contributed by atoms with Crippen LogP contribution in [0.1, 0.15) is 29.5 Å². The molecule has 2 aromatic rings. The summed E-state index contributed by atoms with van der Waals surface area (Å²) < 4.78 is 14.1. The minimum Gasteiger partial charge on any atom is -0.550 e. The molecule has 0 radical (unpaired) electrons. The zero-order valence-electron chi connectivity index (χ0n) is 13.8. The van der Waals surface area contributed by atoms with Crippen molar-refractivity contribution in [3.63, 3.8) is 0 Å². The van der Waals surface area contributed by atoms with E-state index in [9.17, 15) is 19.4 Å². The van der Waals surface area contributed by atoms with E-state index in [4.69, 9.17) is 0 Å². The smallest absolute Gasteiger partial charge is 0.550 e. The molecule has 0 bridgehead atoms. The molecule has 0 heterocycles. The fourth-order valence-corrected chi connectivity index (χ4v) is 2.22. The molecule has 0 aromatic heterocycles. The van der Waals surface area contributed by atoms with Crippen molar-refractivity contribution in [1.29, 1.82) is 0 Å². The summed E-state index contributed by atoms with van der Waals surface area (Å²) in [5.74, 6) is -1.60. The maximum absolute atomic E-state index is 14.1. The van der Waals surface area contributed by atoms with Crippen molar-refractivity contribution in [3.8, 4) is 5.75 Å². The van der Waals surface area contributed by atoms with Gasteiger partial charge in [0.2, 0.25) is 0 Å². The molecule has 4 nitrogen and oxygen atoms in total. The van der Waals surface area contributed by atoms with Gasteiger partial charge in [-0.05, 0) is 44.0 Å². The van der Waals surface area contributed by atoms with Crippen LogP contribution >= 0.6 is 0 Å². The third-order valence-electron chi connectivity index (χ3n) is 3.35. The van der Waals surface area contributed by atoms with E-state index in [1.165, 1.54) is 12.1 Å². The molecule has 24 heavy (non-hydrogen) atoms. The van der Waals surface area contributed by atoms with E-state index in [0.29, 0.717) is 11.3 Å². The number of benzene rings is 2. The van der Waals surface area contributed by atoms with E-state index in [-0.39, 0.29) is 60.3 Å². The Labute approximate surface area is 162 Å². The predicted octanol–water partition coefficient (Wildman–Crippen LogP) is -0.789. The van der Waals surface area contributed by atoms with Crippen LogP contribution in [0.2, 0.25) is 0 Å². The Morgan fingerprint density at radius 1 is 1.21 bits per heavy atom. The van der Waals surface area contributed by atoms with Crippen LogP contribution in [0.5, 0.6) is 5.75 Å². The van der Waals surface area contributed by atoms with Gasteiger partial charge in [-0.2, -0.15) is 0 Å². The predicted molar refractivity (Wildman–Crippen MR) is 84.0 cm³/mol. The van der Waals surface area contributed by atoms with E-state index in [0.717, 1.165) is 5.56 Å². The molecule has 0 amide bonds. The van der Waals surface area contributed by atoms with E-state index in [1.54, 1.807) is 30.3 Å². The largest absolute Gasteiger partial charge is 1.00 e. The number of hydrogen-bond acceptors (Lipinski definition) is 4. The monoisotopic (exact) mass is 337 g/mol. The number of carboxylic acids is 1. The zero-order chi connectivity index (χ0) is 16.8. The first-order valence-electron chi connectivity index (χ1n) is 7.28. The van der Waals surface area contributed by atoms with Crippen molar-refractivity contribution in [2.75, 3.05) is 6.54 Å². The van der Waals surface area contributed by atoms with Gasteiger partial charge in [0, 0.05) is 23.6 Å². The minimum atomic E-state index is -1.15. The maximum atomic E-state index is 14.1. The number of aryl methyl sites for hydroxylation is 1. The summed E-state index contributed by atoms with van der Waals surface area (Å²) >= 11 is 0. The van der Waals surface area contributed by atoms with E-state index >= 15 is 0 Å². The average Bonchev–Trinajstić information content (AvgIpc) is 2.51. The van der Waals surface area contributed by atoms with Gasteiger partial charge in [0.1, 0.15) is 11.6 Å². The molecular weight excluding hydrogens is 320 g/mol. The van der Waals surface area contributed by atoms with E-state index in [2.05, 4.69) is 4.99 Å². The maximum Gasteiger partial charge on any atom is 1.00 e. The molecule has 1 N–H and O–H groups in total. The fourth-order valence-electron chi connectivity index (χ4n) is 2.22. The van der Waals surface area contributed by atoms with Gasteiger partial charge < -0.3 is 15.0 Å². The quantitative estimate of drug-likeness (QED) is 0.427. The zero-order valence-corrected chi connectivity index (χ0v) is 15.8. The number of hydrogen-bond donors (Lipinski definition) is 1. The van der Waals surface area contributed by atoms with E-state index in [1.807, 2.05) is 6.92 Å². The summed E-state index contributed by atoms with van der Waals surface area (Å²) in [5.41, 5.74) is 1.89. The second-order valence-electron chi connectivity index (χ2n) is 5.21. The Hall–Kier alpha value is -1.69. The molecule has 2 rings (SSSR count). The van der Waals surface area contributed by atoms with Gasteiger partial charge in [-0.25, -0.2) is 4.39 Å². The normalized spacial score (nSPS) is 11.0. The number of carbonyl (C=O) groups is 1. The van der Waals surface area contributed by atoms with Crippen LogP contribution < -0.4 is 34.7 Å². The van der Waals surface area contributed by atoms with Crippen LogP contribution in [0.4, 0.5) is 4.39 Å². The molecule has 0 spiro atoms. The van der Waals surface area contributed by atoms with Gasteiger partial charge in [0.25, 0.3) is 0 Å². The van der Waals surface area contributed by atoms with Crippen molar-refractivity contribution < 1.29 is 49.0 Å². The summed E-state index contributed by atoms with van der Waals surface area (Å²) in [6.45, 7) is 2.06. The van der Waals surface area contributed by atoms with Crippen LogP contribution in [0.3, 0.4) is 0 Å². The number of rotatable bonds is 6. The Balaban J connectivity index is 0.00000288. The first-order chi connectivity index (χ1) is 11.0. The molecule has 0 fully saturated rings. The van der Waals surface area contributed by atoms with E-state index < -0.39 is 11.8 Å². The Bertz CT molecular complexity index is 747. The van der Waals surface area contributed by atoms with Crippen molar-refractivity contribution in [2.45, 2.75) is 19.8 Å².